The number of sulfonamides is 1. The summed E-state index contributed by atoms with van der Waals surface area (Å²) in [6, 6.07) is 25.3. The number of carbonyl (C=O) groups excluding carboxylic acids is 1. The van der Waals surface area contributed by atoms with E-state index in [-0.39, 0.29) is 16.8 Å². The Morgan fingerprint density at radius 1 is 0.900 bits per heavy atom. The summed E-state index contributed by atoms with van der Waals surface area (Å²) in [5.41, 5.74) is 2.02. The molecular formula is C24H24N2O3S. The molecule has 0 bridgehead atoms. The molecule has 1 saturated carbocycles. The van der Waals surface area contributed by atoms with Crippen molar-refractivity contribution in [3.8, 4) is 0 Å². The number of benzene rings is 3. The van der Waals surface area contributed by atoms with E-state index in [9.17, 15) is 13.2 Å². The third-order valence-electron chi connectivity index (χ3n) is 5.30. The number of hydrogen-bond acceptors (Lipinski definition) is 3. The van der Waals surface area contributed by atoms with Crippen LogP contribution in [0.25, 0.3) is 0 Å². The van der Waals surface area contributed by atoms with E-state index < -0.39 is 10.0 Å². The van der Waals surface area contributed by atoms with Gasteiger partial charge >= 0.3 is 0 Å². The molecule has 30 heavy (non-hydrogen) atoms. The minimum atomic E-state index is -3.77. The second-order valence-corrected chi connectivity index (χ2v) is 9.46. The van der Waals surface area contributed by atoms with Crippen LogP contribution in [0.15, 0.2) is 89.8 Å². The van der Waals surface area contributed by atoms with E-state index in [1.807, 2.05) is 41.3 Å². The summed E-state index contributed by atoms with van der Waals surface area (Å²) in [6.45, 7) is 0.519. The van der Waals surface area contributed by atoms with Crippen molar-refractivity contribution in [3.63, 3.8) is 0 Å². The lowest BCUT2D eigenvalue weighted by molar-refractivity contribution is 0.0729. The summed E-state index contributed by atoms with van der Waals surface area (Å²) in [7, 11) is -2.26. The van der Waals surface area contributed by atoms with Crippen molar-refractivity contribution < 1.29 is 13.2 Å². The van der Waals surface area contributed by atoms with E-state index in [0.29, 0.717) is 17.8 Å². The van der Waals surface area contributed by atoms with Crippen LogP contribution in [0.1, 0.15) is 28.8 Å². The Kier molecular flexibility index (Phi) is 5.59. The fraction of sp³-hybridized carbons (Fsp3) is 0.208. The van der Waals surface area contributed by atoms with Crippen LogP contribution in [0.3, 0.4) is 0 Å². The summed E-state index contributed by atoms with van der Waals surface area (Å²) in [4.78, 5) is 15.2. The zero-order valence-corrected chi connectivity index (χ0v) is 17.6. The summed E-state index contributed by atoms with van der Waals surface area (Å²) >= 11 is 0. The molecule has 0 saturated heterocycles. The van der Waals surface area contributed by atoms with Crippen LogP contribution in [-0.4, -0.2) is 32.3 Å². The first-order valence-electron chi connectivity index (χ1n) is 9.96. The fourth-order valence-electron chi connectivity index (χ4n) is 3.42. The Hall–Kier alpha value is -3.12. The highest BCUT2D eigenvalue weighted by Gasteiger charge is 2.33. The lowest BCUT2D eigenvalue weighted by Gasteiger charge is -2.23. The molecule has 1 amide bonds. The number of para-hydroxylation sites is 1. The van der Waals surface area contributed by atoms with Gasteiger partial charge < -0.3 is 4.90 Å². The molecule has 1 aliphatic carbocycles. The first-order valence-corrected chi connectivity index (χ1v) is 11.4. The Morgan fingerprint density at radius 3 is 2.17 bits per heavy atom. The number of nitrogens with zero attached hydrogens (tertiary/aromatic N) is 2. The molecule has 0 radical (unpaired) electrons. The van der Waals surface area contributed by atoms with E-state index in [1.54, 1.807) is 36.4 Å². The minimum Gasteiger partial charge on any atom is -0.331 e. The molecule has 1 fully saturated rings. The monoisotopic (exact) mass is 420 g/mol. The molecule has 3 aromatic rings. The molecule has 0 aliphatic heterocycles. The van der Waals surface area contributed by atoms with Gasteiger partial charge in [0, 0.05) is 25.2 Å². The average Bonchev–Trinajstić information content (AvgIpc) is 3.63. The maximum atomic E-state index is 13.3. The van der Waals surface area contributed by atoms with E-state index >= 15 is 0 Å². The number of amides is 1. The highest BCUT2D eigenvalue weighted by atomic mass is 32.2. The van der Waals surface area contributed by atoms with Crippen LogP contribution < -0.4 is 4.31 Å². The molecule has 0 atom stereocenters. The Labute approximate surface area is 177 Å². The van der Waals surface area contributed by atoms with Crippen molar-refractivity contribution >= 4 is 21.6 Å². The molecular weight excluding hydrogens is 396 g/mol. The van der Waals surface area contributed by atoms with Gasteiger partial charge in [-0.3, -0.25) is 9.10 Å². The second kappa shape index (κ2) is 8.32. The van der Waals surface area contributed by atoms with Crippen LogP contribution in [0.5, 0.6) is 0 Å². The highest BCUT2D eigenvalue weighted by molar-refractivity contribution is 7.92. The largest absolute Gasteiger partial charge is 0.331 e. The third-order valence-corrected chi connectivity index (χ3v) is 7.08. The Balaban J connectivity index is 1.61. The van der Waals surface area contributed by atoms with Crippen LogP contribution in [0.4, 0.5) is 5.69 Å². The summed E-state index contributed by atoms with van der Waals surface area (Å²) in [5.74, 6) is -0.138. The van der Waals surface area contributed by atoms with Gasteiger partial charge in [0.25, 0.3) is 15.9 Å². The van der Waals surface area contributed by atoms with Gasteiger partial charge in [-0.2, -0.15) is 0 Å². The summed E-state index contributed by atoms with van der Waals surface area (Å²) < 4.78 is 27.5. The molecule has 0 unspecified atom stereocenters. The van der Waals surface area contributed by atoms with Crippen molar-refractivity contribution in [1.82, 2.24) is 4.90 Å². The topological polar surface area (TPSA) is 57.7 Å². The predicted octanol–water partition coefficient (Wildman–Crippen LogP) is 4.32. The molecule has 0 aromatic heterocycles. The van der Waals surface area contributed by atoms with E-state index in [0.717, 1.165) is 18.4 Å². The van der Waals surface area contributed by atoms with Gasteiger partial charge in [0.05, 0.1) is 10.6 Å². The molecule has 6 heteroatoms. The smallest absolute Gasteiger partial charge is 0.264 e. The summed E-state index contributed by atoms with van der Waals surface area (Å²) in [6.07, 6.45) is 1.96. The first-order chi connectivity index (χ1) is 14.5. The van der Waals surface area contributed by atoms with Crippen molar-refractivity contribution in [3.05, 3.63) is 96.1 Å². The van der Waals surface area contributed by atoms with Crippen molar-refractivity contribution in [2.75, 3.05) is 11.4 Å². The normalized spacial score (nSPS) is 13.6. The summed E-state index contributed by atoms with van der Waals surface area (Å²) in [5, 5.41) is 0. The zero-order chi connectivity index (χ0) is 21.1. The van der Waals surface area contributed by atoms with Crippen LogP contribution in [-0.2, 0) is 16.6 Å². The standard InChI is InChI=1S/C24H24N2O3S/c1-25(21-12-6-3-7-13-21)30(28,29)23-14-8-11-20(17-23)24(27)26(22-15-16-22)18-19-9-4-2-5-10-19/h2-14,17,22H,15-16,18H2,1H3. The van der Waals surface area contributed by atoms with Crippen LogP contribution in [0, 0.1) is 0 Å². The average molecular weight is 421 g/mol. The number of anilines is 1. The van der Waals surface area contributed by atoms with Crippen molar-refractivity contribution in [1.29, 1.82) is 0 Å². The molecule has 0 N–H and O–H groups in total. The van der Waals surface area contributed by atoms with Gasteiger partial charge in [-0.25, -0.2) is 8.42 Å². The third kappa shape index (κ3) is 4.24. The maximum Gasteiger partial charge on any atom is 0.264 e. The van der Waals surface area contributed by atoms with Gasteiger partial charge in [-0.15, -0.1) is 0 Å². The van der Waals surface area contributed by atoms with Crippen molar-refractivity contribution in [2.45, 2.75) is 30.3 Å². The van der Waals surface area contributed by atoms with Gasteiger partial charge in [-0.1, -0.05) is 54.6 Å². The molecule has 1 aliphatic rings. The van der Waals surface area contributed by atoms with Crippen LogP contribution >= 0.6 is 0 Å². The lowest BCUT2D eigenvalue weighted by atomic mass is 10.1. The molecule has 0 spiro atoms. The molecule has 3 aromatic carbocycles. The number of hydrogen-bond donors (Lipinski definition) is 0. The predicted molar refractivity (Wildman–Crippen MR) is 118 cm³/mol. The highest BCUT2D eigenvalue weighted by Crippen LogP contribution is 2.30. The van der Waals surface area contributed by atoms with E-state index in [2.05, 4.69) is 0 Å². The SMILES string of the molecule is CN(c1ccccc1)S(=O)(=O)c1cccc(C(=O)N(Cc2ccccc2)C2CC2)c1. The second-order valence-electron chi connectivity index (χ2n) is 7.49. The van der Waals surface area contributed by atoms with Gasteiger partial charge in [0.1, 0.15) is 0 Å². The number of carbonyl (C=O) groups is 1. The van der Waals surface area contributed by atoms with Gasteiger partial charge in [0.2, 0.25) is 0 Å². The fourth-order valence-corrected chi connectivity index (χ4v) is 4.67. The van der Waals surface area contributed by atoms with Crippen molar-refractivity contribution in [2.24, 2.45) is 0 Å². The van der Waals surface area contributed by atoms with E-state index in [1.165, 1.54) is 23.5 Å². The molecule has 5 nitrogen and oxygen atoms in total. The maximum absolute atomic E-state index is 13.3. The molecule has 154 valence electrons. The Morgan fingerprint density at radius 2 is 1.53 bits per heavy atom. The Bertz CT molecular complexity index is 1130. The van der Waals surface area contributed by atoms with E-state index in [4.69, 9.17) is 0 Å². The zero-order valence-electron chi connectivity index (χ0n) is 16.8. The first kappa shape index (κ1) is 20.2. The van der Waals surface area contributed by atoms with Gasteiger partial charge in [-0.05, 0) is 48.7 Å². The van der Waals surface area contributed by atoms with Crippen LogP contribution in [0.2, 0.25) is 0 Å². The minimum absolute atomic E-state index is 0.107. The number of rotatable bonds is 7. The van der Waals surface area contributed by atoms with Gasteiger partial charge in [0.15, 0.2) is 0 Å². The quantitative estimate of drug-likeness (QED) is 0.572. The lowest BCUT2D eigenvalue weighted by Crippen LogP contribution is -2.33. The molecule has 4 rings (SSSR count). The molecule has 0 heterocycles.